The predicted octanol–water partition coefficient (Wildman–Crippen LogP) is 3.26. The number of guanidine groups is 1. The van der Waals surface area contributed by atoms with E-state index in [1.165, 1.54) is 0 Å². The van der Waals surface area contributed by atoms with Crippen LogP contribution in [0.4, 0.5) is 5.69 Å². The Morgan fingerprint density at radius 1 is 1.15 bits per heavy atom. The normalized spacial score (nSPS) is 18.8. The fourth-order valence-corrected chi connectivity index (χ4v) is 4.54. The molecule has 1 unspecified atom stereocenters. The summed E-state index contributed by atoms with van der Waals surface area (Å²) in [5.74, 6) is 2.21. The molecule has 6 nitrogen and oxygen atoms in total. The zero-order valence-corrected chi connectivity index (χ0v) is 17.3. The van der Waals surface area contributed by atoms with Gasteiger partial charge in [-0.15, -0.1) is 24.0 Å². The van der Waals surface area contributed by atoms with Crippen molar-refractivity contribution in [1.29, 1.82) is 0 Å². The van der Waals surface area contributed by atoms with Crippen LogP contribution in [0.3, 0.4) is 0 Å². The second-order valence-corrected chi connectivity index (χ2v) is 8.29. The van der Waals surface area contributed by atoms with Crippen LogP contribution in [-0.2, 0) is 9.84 Å². The number of halogens is 1. The number of nitrogens with zero attached hydrogens (tertiary/aromatic N) is 1. The van der Waals surface area contributed by atoms with Gasteiger partial charge in [-0.05, 0) is 36.6 Å². The number of hydrogen-bond donors (Lipinski definition) is 2. The Bertz CT molecular complexity index is 857. The standard InChI is InChI=1S/C18H21N3O3S.HI/c19-18(20-12-14-9-10-25(22,23)13-14)21-15-5-4-8-17(11-15)24-16-6-2-1-3-7-16;/h1-8,11,14H,9-10,12-13H2,(H3,19,20,21);1H. The lowest BCUT2D eigenvalue weighted by atomic mass is 10.1. The number of para-hydroxylation sites is 1. The van der Waals surface area contributed by atoms with Gasteiger partial charge in [0.1, 0.15) is 11.5 Å². The highest BCUT2D eigenvalue weighted by molar-refractivity contribution is 14.0. The second kappa shape index (κ2) is 9.22. The van der Waals surface area contributed by atoms with Gasteiger partial charge in [-0.25, -0.2) is 8.42 Å². The number of hydrogen-bond acceptors (Lipinski definition) is 4. The van der Waals surface area contributed by atoms with Gasteiger partial charge in [-0.1, -0.05) is 24.3 Å². The lowest BCUT2D eigenvalue weighted by molar-refractivity contribution is 0.483. The SMILES string of the molecule is I.NC(=NCC1CCS(=O)(=O)C1)Nc1cccc(Oc2ccccc2)c1. The highest BCUT2D eigenvalue weighted by Gasteiger charge is 2.27. The van der Waals surface area contributed by atoms with E-state index >= 15 is 0 Å². The number of sulfone groups is 1. The van der Waals surface area contributed by atoms with Crippen molar-refractivity contribution < 1.29 is 13.2 Å². The fourth-order valence-electron chi connectivity index (χ4n) is 2.69. The smallest absolute Gasteiger partial charge is 0.193 e. The van der Waals surface area contributed by atoms with Gasteiger partial charge in [0, 0.05) is 18.3 Å². The number of ether oxygens (including phenoxy) is 1. The summed E-state index contributed by atoms with van der Waals surface area (Å²) in [4.78, 5) is 4.26. The first-order valence-electron chi connectivity index (χ1n) is 8.10. The molecular weight excluding hydrogens is 465 g/mol. The summed E-state index contributed by atoms with van der Waals surface area (Å²) in [5.41, 5.74) is 6.66. The van der Waals surface area contributed by atoms with Gasteiger partial charge in [0.2, 0.25) is 0 Å². The van der Waals surface area contributed by atoms with Gasteiger partial charge in [0.25, 0.3) is 0 Å². The quantitative estimate of drug-likeness (QED) is 0.384. The predicted molar refractivity (Wildman–Crippen MR) is 115 cm³/mol. The zero-order chi connectivity index (χ0) is 17.7. The highest BCUT2D eigenvalue weighted by atomic mass is 127. The molecule has 26 heavy (non-hydrogen) atoms. The van der Waals surface area contributed by atoms with Crippen molar-refractivity contribution in [3.63, 3.8) is 0 Å². The average Bonchev–Trinajstić information content (AvgIpc) is 2.93. The maximum Gasteiger partial charge on any atom is 0.193 e. The molecule has 0 aromatic heterocycles. The molecule has 1 heterocycles. The van der Waals surface area contributed by atoms with Gasteiger partial charge in [-0.2, -0.15) is 0 Å². The first-order valence-corrected chi connectivity index (χ1v) is 9.93. The van der Waals surface area contributed by atoms with Crippen molar-refractivity contribution in [2.24, 2.45) is 16.6 Å². The van der Waals surface area contributed by atoms with E-state index in [1.807, 2.05) is 54.6 Å². The first-order chi connectivity index (χ1) is 12.0. The van der Waals surface area contributed by atoms with Crippen LogP contribution in [0.25, 0.3) is 0 Å². The fraction of sp³-hybridized carbons (Fsp3) is 0.278. The van der Waals surface area contributed by atoms with Crippen molar-refractivity contribution >= 4 is 45.5 Å². The summed E-state index contributed by atoms with van der Waals surface area (Å²) >= 11 is 0. The lowest BCUT2D eigenvalue weighted by Gasteiger charge is -2.10. The van der Waals surface area contributed by atoms with Crippen LogP contribution in [-0.4, -0.2) is 32.4 Å². The number of anilines is 1. The molecule has 1 aliphatic rings. The molecule has 0 bridgehead atoms. The number of nitrogens with one attached hydrogen (secondary N) is 1. The molecule has 3 N–H and O–H groups in total. The number of aliphatic imine (C=N–C) groups is 1. The van der Waals surface area contributed by atoms with E-state index in [0.717, 1.165) is 11.4 Å². The first kappa shape index (κ1) is 20.5. The molecule has 1 aliphatic heterocycles. The lowest BCUT2D eigenvalue weighted by Crippen LogP contribution is -2.24. The van der Waals surface area contributed by atoms with E-state index in [9.17, 15) is 8.42 Å². The summed E-state index contributed by atoms with van der Waals surface area (Å²) < 4.78 is 28.7. The van der Waals surface area contributed by atoms with Gasteiger partial charge < -0.3 is 15.8 Å². The van der Waals surface area contributed by atoms with Crippen molar-refractivity contribution in [1.82, 2.24) is 0 Å². The molecule has 0 spiro atoms. The topological polar surface area (TPSA) is 93.8 Å². The van der Waals surface area contributed by atoms with E-state index in [-0.39, 0.29) is 47.4 Å². The minimum absolute atomic E-state index is 0. The Labute approximate surface area is 170 Å². The van der Waals surface area contributed by atoms with E-state index in [2.05, 4.69) is 10.3 Å². The monoisotopic (exact) mass is 487 g/mol. The Hall–Kier alpha value is -1.81. The molecule has 3 rings (SSSR count). The molecule has 8 heteroatoms. The van der Waals surface area contributed by atoms with E-state index in [4.69, 9.17) is 10.5 Å². The van der Waals surface area contributed by atoms with Gasteiger partial charge >= 0.3 is 0 Å². The van der Waals surface area contributed by atoms with Crippen LogP contribution in [0.2, 0.25) is 0 Å². The number of rotatable bonds is 5. The van der Waals surface area contributed by atoms with Crippen LogP contribution < -0.4 is 15.8 Å². The molecule has 1 saturated heterocycles. The van der Waals surface area contributed by atoms with Crippen LogP contribution in [0.5, 0.6) is 11.5 Å². The van der Waals surface area contributed by atoms with Crippen LogP contribution in [0.15, 0.2) is 59.6 Å². The Balaban J connectivity index is 0.00000243. The summed E-state index contributed by atoms with van der Waals surface area (Å²) in [6.07, 6.45) is 0.652. The number of nitrogens with two attached hydrogens (primary N) is 1. The molecule has 1 atom stereocenters. The molecule has 0 aliphatic carbocycles. The maximum absolute atomic E-state index is 11.5. The minimum Gasteiger partial charge on any atom is -0.457 e. The summed E-state index contributed by atoms with van der Waals surface area (Å²) in [5, 5.41) is 3.01. The van der Waals surface area contributed by atoms with Crippen molar-refractivity contribution in [2.75, 3.05) is 23.4 Å². The van der Waals surface area contributed by atoms with Crippen LogP contribution in [0.1, 0.15) is 6.42 Å². The van der Waals surface area contributed by atoms with E-state index in [1.54, 1.807) is 0 Å². The van der Waals surface area contributed by atoms with Crippen molar-refractivity contribution in [3.05, 3.63) is 54.6 Å². The van der Waals surface area contributed by atoms with Crippen molar-refractivity contribution in [3.8, 4) is 11.5 Å². The van der Waals surface area contributed by atoms with Gasteiger partial charge in [0.05, 0.1) is 11.5 Å². The third kappa shape index (κ3) is 6.17. The third-order valence-corrected chi connectivity index (χ3v) is 5.77. The molecular formula is C18H22IN3O3S. The third-order valence-electron chi connectivity index (χ3n) is 3.93. The molecule has 0 radical (unpaired) electrons. The summed E-state index contributed by atoms with van der Waals surface area (Å²) in [6, 6.07) is 16.9. The largest absolute Gasteiger partial charge is 0.457 e. The van der Waals surface area contributed by atoms with Gasteiger partial charge in [-0.3, -0.25) is 4.99 Å². The molecule has 2 aromatic carbocycles. The maximum atomic E-state index is 11.5. The molecule has 2 aromatic rings. The Morgan fingerprint density at radius 2 is 1.88 bits per heavy atom. The van der Waals surface area contributed by atoms with E-state index in [0.29, 0.717) is 18.7 Å². The van der Waals surface area contributed by atoms with E-state index < -0.39 is 9.84 Å². The molecule has 0 amide bonds. The Morgan fingerprint density at radius 3 is 2.58 bits per heavy atom. The highest BCUT2D eigenvalue weighted by Crippen LogP contribution is 2.24. The minimum atomic E-state index is -2.88. The summed E-state index contributed by atoms with van der Waals surface area (Å²) in [7, 11) is -2.88. The molecule has 0 saturated carbocycles. The molecule has 140 valence electrons. The Kier molecular flexibility index (Phi) is 7.27. The second-order valence-electron chi connectivity index (χ2n) is 6.06. The average molecular weight is 487 g/mol. The zero-order valence-electron chi connectivity index (χ0n) is 14.2. The van der Waals surface area contributed by atoms with Crippen LogP contribution >= 0.6 is 24.0 Å². The van der Waals surface area contributed by atoms with Gasteiger partial charge in [0.15, 0.2) is 15.8 Å². The number of benzene rings is 2. The van der Waals surface area contributed by atoms with Crippen LogP contribution in [0, 0.1) is 5.92 Å². The molecule has 1 fully saturated rings. The summed E-state index contributed by atoms with van der Waals surface area (Å²) in [6.45, 7) is 0.415. The van der Waals surface area contributed by atoms with Crippen molar-refractivity contribution in [2.45, 2.75) is 6.42 Å².